The quantitative estimate of drug-likeness (QED) is 0.819. The van der Waals surface area contributed by atoms with Gasteiger partial charge in [-0.2, -0.15) is 0 Å². The third-order valence-corrected chi connectivity index (χ3v) is 4.29. The van der Waals surface area contributed by atoms with Gasteiger partial charge in [-0.3, -0.25) is 4.79 Å². The monoisotopic (exact) mass is 287 g/mol. The Kier molecular flexibility index (Phi) is 3.81. The number of rotatable bonds is 2. The molecule has 0 atom stereocenters. The summed E-state index contributed by atoms with van der Waals surface area (Å²) in [7, 11) is 0. The lowest BCUT2D eigenvalue weighted by Gasteiger charge is -2.26. The van der Waals surface area contributed by atoms with Crippen LogP contribution in [0.2, 0.25) is 0 Å². The third-order valence-electron chi connectivity index (χ3n) is 2.66. The van der Waals surface area contributed by atoms with Crippen molar-refractivity contribution < 1.29 is 4.79 Å². The molecule has 0 radical (unpaired) electrons. The Balaban J connectivity index is 1.91. The van der Waals surface area contributed by atoms with Crippen LogP contribution in [0, 0.1) is 0 Å². The van der Waals surface area contributed by atoms with Gasteiger partial charge in [0, 0.05) is 18.0 Å². The van der Waals surface area contributed by atoms with Crippen molar-refractivity contribution in [3.05, 3.63) is 20.8 Å². The van der Waals surface area contributed by atoms with Gasteiger partial charge in [0.15, 0.2) is 0 Å². The molecule has 2 rings (SSSR count). The molecule has 4 heteroatoms. The van der Waals surface area contributed by atoms with Gasteiger partial charge in [0.1, 0.15) is 0 Å². The van der Waals surface area contributed by atoms with Crippen molar-refractivity contribution in [2.24, 2.45) is 0 Å². The highest BCUT2D eigenvalue weighted by Gasteiger charge is 2.16. The van der Waals surface area contributed by atoms with E-state index < -0.39 is 0 Å². The van der Waals surface area contributed by atoms with Gasteiger partial charge in [0.25, 0.3) is 0 Å². The Morgan fingerprint density at radius 2 is 2.07 bits per heavy atom. The molecule has 1 aromatic heterocycles. The van der Waals surface area contributed by atoms with E-state index in [0.717, 1.165) is 21.8 Å². The molecule has 1 amide bonds. The molecule has 0 unspecified atom stereocenters. The van der Waals surface area contributed by atoms with Crippen molar-refractivity contribution in [2.75, 3.05) is 13.1 Å². The maximum absolute atomic E-state index is 11.9. The Bertz CT molecular complexity index is 344. The number of carbonyl (C=O) groups is 1. The Morgan fingerprint density at radius 3 is 2.67 bits per heavy atom. The molecule has 1 aliphatic rings. The van der Waals surface area contributed by atoms with Gasteiger partial charge in [-0.25, -0.2) is 0 Å². The molecule has 1 aromatic rings. The van der Waals surface area contributed by atoms with E-state index in [1.807, 2.05) is 17.0 Å². The van der Waals surface area contributed by atoms with Gasteiger partial charge in [-0.15, -0.1) is 11.3 Å². The van der Waals surface area contributed by atoms with E-state index in [2.05, 4.69) is 15.9 Å². The van der Waals surface area contributed by atoms with Crippen LogP contribution in [0.4, 0.5) is 0 Å². The summed E-state index contributed by atoms with van der Waals surface area (Å²) in [5.74, 6) is 0.282. The second-order valence-electron chi connectivity index (χ2n) is 3.82. The van der Waals surface area contributed by atoms with Crippen LogP contribution in [-0.2, 0) is 11.2 Å². The second-order valence-corrected chi connectivity index (χ2v) is 6.37. The maximum atomic E-state index is 11.9. The molecule has 1 fully saturated rings. The summed E-state index contributed by atoms with van der Waals surface area (Å²) >= 11 is 5.06. The van der Waals surface area contributed by atoms with Crippen molar-refractivity contribution >= 4 is 33.2 Å². The minimum Gasteiger partial charge on any atom is -0.342 e. The molecule has 0 aromatic carbocycles. The smallest absolute Gasteiger partial charge is 0.227 e. The number of nitrogens with zero attached hydrogens (tertiary/aromatic N) is 1. The van der Waals surface area contributed by atoms with Crippen molar-refractivity contribution in [2.45, 2.75) is 25.7 Å². The van der Waals surface area contributed by atoms with Crippen LogP contribution < -0.4 is 0 Å². The summed E-state index contributed by atoms with van der Waals surface area (Å²) in [6.07, 6.45) is 4.17. The first-order valence-electron chi connectivity index (χ1n) is 5.28. The minimum atomic E-state index is 0.282. The lowest BCUT2D eigenvalue weighted by atomic mass is 10.1. The molecular formula is C11H14BrNOS. The van der Waals surface area contributed by atoms with Crippen molar-refractivity contribution in [1.29, 1.82) is 0 Å². The van der Waals surface area contributed by atoms with Gasteiger partial charge in [0.05, 0.1) is 10.2 Å². The normalized spacial score (nSPS) is 16.7. The first kappa shape index (κ1) is 11.1. The van der Waals surface area contributed by atoms with Crippen LogP contribution in [0.3, 0.4) is 0 Å². The fourth-order valence-corrected chi connectivity index (χ4v) is 3.33. The zero-order valence-electron chi connectivity index (χ0n) is 8.54. The number of halogens is 1. The van der Waals surface area contributed by atoms with E-state index in [0.29, 0.717) is 6.42 Å². The molecule has 0 saturated carbocycles. The molecule has 0 bridgehead atoms. The Morgan fingerprint density at radius 1 is 1.33 bits per heavy atom. The van der Waals surface area contributed by atoms with Gasteiger partial charge < -0.3 is 4.90 Å². The number of thiophene rings is 1. The number of carbonyl (C=O) groups excluding carboxylic acids is 1. The summed E-state index contributed by atoms with van der Waals surface area (Å²) in [5.41, 5.74) is 0. The Labute approximate surface area is 102 Å². The van der Waals surface area contributed by atoms with Gasteiger partial charge in [-0.1, -0.05) is 0 Å². The highest BCUT2D eigenvalue weighted by Crippen LogP contribution is 2.23. The van der Waals surface area contributed by atoms with Gasteiger partial charge in [-0.05, 0) is 47.3 Å². The predicted molar refractivity (Wildman–Crippen MR) is 66.2 cm³/mol. The lowest BCUT2D eigenvalue weighted by molar-refractivity contribution is -0.131. The van der Waals surface area contributed by atoms with Crippen LogP contribution in [0.25, 0.3) is 0 Å². The van der Waals surface area contributed by atoms with Crippen molar-refractivity contribution in [1.82, 2.24) is 4.90 Å². The molecule has 82 valence electrons. The largest absolute Gasteiger partial charge is 0.342 e. The Hall–Kier alpha value is -0.350. The maximum Gasteiger partial charge on any atom is 0.227 e. The topological polar surface area (TPSA) is 20.3 Å². The van der Waals surface area contributed by atoms with E-state index in [1.165, 1.54) is 19.3 Å². The molecular weight excluding hydrogens is 274 g/mol. The fourth-order valence-electron chi connectivity index (χ4n) is 1.85. The van der Waals surface area contributed by atoms with Gasteiger partial charge >= 0.3 is 0 Å². The SMILES string of the molecule is O=C(Cc1ccc(Br)s1)N1CCCCC1. The average Bonchev–Trinajstić information content (AvgIpc) is 2.65. The van der Waals surface area contributed by atoms with E-state index in [-0.39, 0.29) is 5.91 Å². The first-order chi connectivity index (χ1) is 7.25. The number of amides is 1. The summed E-state index contributed by atoms with van der Waals surface area (Å²) in [6, 6.07) is 4.03. The van der Waals surface area contributed by atoms with Crippen LogP contribution in [0.15, 0.2) is 15.9 Å². The molecule has 1 aliphatic heterocycles. The summed E-state index contributed by atoms with van der Waals surface area (Å²) in [5, 5.41) is 0. The van der Waals surface area contributed by atoms with Crippen molar-refractivity contribution in [3.8, 4) is 0 Å². The molecule has 0 aliphatic carbocycles. The zero-order chi connectivity index (χ0) is 10.7. The number of hydrogen-bond acceptors (Lipinski definition) is 2. The van der Waals surface area contributed by atoms with Crippen LogP contribution in [0.1, 0.15) is 24.1 Å². The van der Waals surface area contributed by atoms with E-state index in [1.54, 1.807) is 11.3 Å². The molecule has 0 spiro atoms. The fraction of sp³-hybridized carbons (Fsp3) is 0.545. The lowest BCUT2D eigenvalue weighted by Crippen LogP contribution is -2.36. The number of hydrogen-bond donors (Lipinski definition) is 0. The van der Waals surface area contributed by atoms with E-state index >= 15 is 0 Å². The van der Waals surface area contributed by atoms with Crippen LogP contribution in [0.5, 0.6) is 0 Å². The number of likely N-dealkylation sites (tertiary alicyclic amines) is 1. The predicted octanol–water partition coefficient (Wildman–Crippen LogP) is 3.07. The molecule has 15 heavy (non-hydrogen) atoms. The van der Waals surface area contributed by atoms with E-state index in [9.17, 15) is 4.79 Å². The molecule has 1 saturated heterocycles. The van der Waals surface area contributed by atoms with Crippen molar-refractivity contribution in [3.63, 3.8) is 0 Å². The minimum absolute atomic E-state index is 0.282. The van der Waals surface area contributed by atoms with Crippen LogP contribution >= 0.6 is 27.3 Å². The molecule has 0 N–H and O–H groups in total. The highest BCUT2D eigenvalue weighted by atomic mass is 79.9. The highest BCUT2D eigenvalue weighted by molar-refractivity contribution is 9.11. The summed E-state index contributed by atoms with van der Waals surface area (Å²) < 4.78 is 1.10. The molecule has 2 nitrogen and oxygen atoms in total. The third kappa shape index (κ3) is 3.05. The summed E-state index contributed by atoms with van der Waals surface area (Å²) in [6.45, 7) is 1.90. The standard InChI is InChI=1S/C11H14BrNOS/c12-10-5-4-9(15-10)8-11(14)13-6-2-1-3-7-13/h4-5H,1-3,6-8H2. The van der Waals surface area contributed by atoms with Gasteiger partial charge in [0.2, 0.25) is 5.91 Å². The molecule has 2 heterocycles. The zero-order valence-corrected chi connectivity index (χ0v) is 10.9. The van der Waals surface area contributed by atoms with Crippen LogP contribution in [-0.4, -0.2) is 23.9 Å². The average molecular weight is 288 g/mol. The second kappa shape index (κ2) is 5.12. The first-order valence-corrected chi connectivity index (χ1v) is 6.88. The van der Waals surface area contributed by atoms with E-state index in [4.69, 9.17) is 0 Å². The summed E-state index contributed by atoms with van der Waals surface area (Å²) in [4.78, 5) is 15.0. The number of piperidine rings is 1.